The topological polar surface area (TPSA) is 26.0 Å². The summed E-state index contributed by atoms with van der Waals surface area (Å²) in [5.41, 5.74) is 9.36. The highest BCUT2D eigenvalue weighted by atomic mass is 14.8. The van der Waals surface area contributed by atoms with Crippen molar-refractivity contribution in [2.45, 2.75) is 40.0 Å². The van der Waals surface area contributed by atoms with Crippen LogP contribution in [0.15, 0.2) is 47.6 Å². The lowest BCUT2D eigenvalue weighted by molar-refractivity contribution is -0.450. The summed E-state index contributed by atoms with van der Waals surface area (Å²) in [5.74, 6) is 0. The van der Waals surface area contributed by atoms with Gasteiger partial charge in [-0.3, -0.25) is 0 Å². The van der Waals surface area contributed by atoms with Crippen LogP contribution in [-0.4, -0.2) is 18.8 Å². The molecule has 23 heavy (non-hydrogen) atoms. The maximum Gasteiger partial charge on any atom is 0.198 e. The van der Waals surface area contributed by atoms with Crippen molar-refractivity contribution in [3.8, 4) is 0 Å². The van der Waals surface area contributed by atoms with Crippen molar-refractivity contribution < 1.29 is 4.99 Å². The number of allylic oxidation sites excluding steroid dienone is 6. The predicted molar refractivity (Wildman–Crippen MR) is 100.0 cm³/mol. The van der Waals surface area contributed by atoms with Gasteiger partial charge in [0.1, 0.15) is 6.54 Å². The van der Waals surface area contributed by atoms with E-state index >= 15 is 0 Å². The standard InChI is InChI=1S/C21H26N2/c1-6-22-15-8-10-17-14(3)18-11-9-16(23-7-2)13-20(18)21(4,5)19(17)12-15/h8-13,22H,6-7H2,1-5H3/p+1. The smallest absolute Gasteiger partial charge is 0.198 e. The van der Waals surface area contributed by atoms with Gasteiger partial charge in [-0.15, -0.1) is 0 Å². The number of anilines is 1. The highest BCUT2D eigenvalue weighted by Crippen LogP contribution is 2.48. The molecule has 0 heterocycles. The average molecular weight is 307 g/mol. The average Bonchev–Trinajstić information content (AvgIpc) is 2.54. The minimum Gasteiger partial charge on any atom is -0.385 e. The molecule has 0 saturated carbocycles. The molecule has 1 aromatic carbocycles. The molecule has 0 amide bonds. The lowest BCUT2D eigenvalue weighted by Gasteiger charge is -2.38. The first-order chi connectivity index (χ1) is 11.0. The Morgan fingerprint density at radius 1 is 1.13 bits per heavy atom. The molecule has 0 bridgehead atoms. The molecule has 120 valence electrons. The van der Waals surface area contributed by atoms with E-state index < -0.39 is 0 Å². The molecular weight excluding hydrogens is 280 g/mol. The van der Waals surface area contributed by atoms with Crippen LogP contribution in [0.4, 0.5) is 5.69 Å². The van der Waals surface area contributed by atoms with Crippen LogP contribution in [0.25, 0.3) is 5.57 Å². The Bertz CT molecular complexity index is 758. The molecule has 0 saturated heterocycles. The molecule has 2 aliphatic rings. The molecule has 2 heteroatoms. The van der Waals surface area contributed by atoms with E-state index in [0.29, 0.717) is 0 Å². The number of nitrogens with one attached hydrogen (secondary N) is 2. The van der Waals surface area contributed by atoms with Gasteiger partial charge in [0.25, 0.3) is 0 Å². The molecule has 0 unspecified atom stereocenters. The fourth-order valence-electron chi connectivity index (χ4n) is 3.70. The van der Waals surface area contributed by atoms with Gasteiger partial charge in [-0.1, -0.05) is 19.9 Å². The van der Waals surface area contributed by atoms with Gasteiger partial charge in [-0.25, -0.2) is 4.99 Å². The molecule has 1 aromatic rings. The first-order valence-electron chi connectivity index (χ1n) is 8.60. The monoisotopic (exact) mass is 307 g/mol. The quantitative estimate of drug-likeness (QED) is 0.881. The molecule has 2 N–H and O–H groups in total. The molecule has 0 aliphatic heterocycles. The third-order valence-electron chi connectivity index (χ3n) is 4.96. The Morgan fingerprint density at radius 2 is 1.91 bits per heavy atom. The molecule has 0 spiro atoms. The van der Waals surface area contributed by atoms with Gasteiger partial charge < -0.3 is 5.32 Å². The third-order valence-corrected chi connectivity index (χ3v) is 4.96. The second kappa shape index (κ2) is 5.84. The van der Waals surface area contributed by atoms with Crippen LogP contribution in [0.5, 0.6) is 0 Å². The van der Waals surface area contributed by atoms with Crippen molar-refractivity contribution in [1.29, 1.82) is 0 Å². The highest BCUT2D eigenvalue weighted by molar-refractivity contribution is 6.05. The zero-order valence-corrected chi connectivity index (χ0v) is 14.9. The van der Waals surface area contributed by atoms with E-state index in [1.807, 2.05) is 0 Å². The van der Waals surface area contributed by atoms with Gasteiger partial charge >= 0.3 is 0 Å². The van der Waals surface area contributed by atoms with Crippen LogP contribution in [0.1, 0.15) is 45.7 Å². The molecule has 0 fully saturated rings. The number of hydrogen-bond acceptors (Lipinski definition) is 1. The van der Waals surface area contributed by atoms with Gasteiger partial charge in [-0.2, -0.15) is 0 Å². The van der Waals surface area contributed by atoms with Gasteiger partial charge in [0.2, 0.25) is 0 Å². The predicted octanol–water partition coefficient (Wildman–Crippen LogP) is 3.22. The van der Waals surface area contributed by atoms with Crippen molar-refractivity contribution in [2.75, 3.05) is 18.4 Å². The zero-order chi connectivity index (χ0) is 16.6. The second-order valence-electron chi connectivity index (χ2n) is 6.83. The maximum absolute atomic E-state index is 3.44. The number of hydrogen-bond donors (Lipinski definition) is 2. The van der Waals surface area contributed by atoms with E-state index in [1.54, 1.807) is 0 Å². The highest BCUT2D eigenvalue weighted by Gasteiger charge is 2.36. The van der Waals surface area contributed by atoms with Crippen LogP contribution in [0.3, 0.4) is 0 Å². The van der Waals surface area contributed by atoms with Crippen molar-refractivity contribution in [3.63, 3.8) is 0 Å². The molecule has 0 radical (unpaired) electrons. The van der Waals surface area contributed by atoms with E-state index in [1.165, 1.54) is 39.2 Å². The summed E-state index contributed by atoms with van der Waals surface area (Å²) >= 11 is 0. The normalized spacial score (nSPS) is 20.2. The van der Waals surface area contributed by atoms with E-state index in [9.17, 15) is 0 Å². The van der Waals surface area contributed by atoms with Crippen molar-refractivity contribution in [2.24, 2.45) is 0 Å². The first-order valence-corrected chi connectivity index (χ1v) is 8.60. The molecule has 2 aliphatic carbocycles. The Labute approximate surface area is 139 Å². The van der Waals surface area contributed by atoms with E-state index in [-0.39, 0.29) is 5.41 Å². The Balaban J connectivity index is 2.21. The lowest BCUT2D eigenvalue weighted by atomic mass is 9.65. The van der Waals surface area contributed by atoms with Gasteiger partial charge in [-0.05, 0) is 66.8 Å². The Hall–Kier alpha value is -2.09. The van der Waals surface area contributed by atoms with Gasteiger partial charge in [0, 0.05) is 29.8 Å². The molecule has 3 rings (SSSR count). The van der Waals surface area contributed by atoms with Crippen LogP contribution in [-0.2, 0) is 5.41 Å². The minimum atomic E-state index is 0.00103. The molecular formula is C21H27N2+. The molecule has 0 atom stereocenters. The zero-order valence-electron chi connectivity index (χ0n) is 14.9. The van der Waals surface area contributed by atoms with Crippen molar-refractivity contribution >= 4 is 17.0 Å². The largest absolute Gasteiger partial charge is 0.385 e. The van der Waals surface area contributed by atoms with Crippen molar-refractivity contribution in [3.05, 3.63) is 58.7 Å². The fourth-order valence-corrected chi connectivity index (χ4v) is 3.70. The van der Waals surface area contributed by atoms with E-state index in [4.69, 9.17) is 0 Å². The van der Waals surface area contributed by atoms with Crippen LogP contribution < -0.4 is 10.3 Å². The number of rotatable bonds is 3. The number of benzene rings is 1. The van der Waals surface area contributed by atoms with Crippen LogP contribution in [0, 0.1) is 0 Å². The summed E-state index contributed by atoms with van der Waals surface area (Å²) < 4.78 is 0. The van der Waals surface area contributed by atoms with Crippen molar-refractivity contribution in [1.82, 2.24) is 0 Å². The Kier molecular flexibility index (Phi) is 4.01. The van der Waals surface area contributed by atoms with Crippen LogP contribution in [0.2, 0.25) is 0 Å². The summed E-state index contributed by atoms with van der Waals surface area (Å²) in [6.07, 6.45) is 6.79. The summed E-state index contributed by atoms with van der Waals surface area (Å²) in [6, 6.07) is 6.79. The third kappa shape index (κ3) is 2.56. The second-order valence-corrected chi connectivity index (χ2v) is 6.83. The van der Waals surface area contributed by atoms with Gasteiger partial charge in [0.15, 0.2) is 5.71 Å². The fraction of sp³-hybridized carbons (Fsp3) is 0.381. The van der Waals surface area contributed by atoms with Crippen LogP contribution >= 0.6 is 0 Å². The summed E-state index contributed by atoms with van der Waals surface area (Å²) in [7, 11) is 0. The first kappa shape index (κ1) is 15.8. The molecule has 2 nitrogen and oxygen atoms in total. The summed E-state index contributed by atoms with van der Waals surface area (Å²) in [6.45, 7) is 13.1. The lowest BCUT2D eigenvalue weighted by Crippen LogP contribution is -2.71. The SMILES string of the molecule is CCNc1ccc2c(c1)C(C)(C)C1=CC(=[NH+]CC)C=CC1=C2C. The van der Waals surface area contributed by atoms with E-state index in [0.717, 1.165) is 13.1 Å². The van der Waals surface area contributed by atoms with E-state index in [2.05, 4.69) is 81.4 Å². The Morgan fingerprint density at radius 3 is 2.61 bits per heavy atom. The summed E-state index contributed by atoms with van der Waals surface area (Å²) in [5, 5.41) is 3.44. The van der Waals surface area contributed by atoms with Gasteiger partial charge in [0.05, 0.1) is 0 Å². The minimum absolute atomic E-state index is 0.00103. The number of fused-ring (bicyclic) bond motifs is 2. The molecule has 0 aromatic heterocycles. The maximum atomic E-state index is 3.44. The summed E-state index contributed by atoms with van der Waals surface area (Å²) in [4.78, 5) is 3.44.